The average molecular weight is 278 g/mol. The summed E-state index contributed by atoms with van der Waals surface area (Å²) < 4.78 is 9.76. The molecule has 0 radical (unpaired) electrons. The first-order valence-electron chi connectivity index (χ1n) is 7.49. The summed E-state index contributed by atoms with van der Waals surface area (Å²) in [5.74, 6) is -0.278. The fourth-order valence-electron chi connectivity index (χ4n) is 2.46. The maximum Gasteiger partial charge on any atom is 0.333 e. The summed E-state index contributed by atoms with van der Waals surface area (Å²) in [5.41, 5.74) is 1.68. The first kappa shape index (κ1) is 14.8. The minimum absolute atomic E-state index is 0.139. The quantitative estimate of drug-likeness (QED) is 0.408. The van der Waals surface area contributed by atoms with Crippen LogP contribution < -0.4 is 0 Å². The zero-order valence-corrected chi connectivity index (χ0v) is 11.9. The maximum absolute atomic E-state index is 11.2. The van der Waals surface area contributed by atoms with E-state index in [1.807, 2.05) is 12.2 Å². The van der Waals surface area contributed by atoms with Gasteiger partial charge in [0.2, 0.25) is 0 Å². The van der Waals surface area contributed by atoms with E-state index in [-0.39, 0.29) is 11.9 Å². The molecule has 4 heteroatoms. The molecule has 2 fully saturated rings. The number of rotatable bonds is 7. The first-order chi connectivity index (χ1) is 9.77. The van der Waals surface area contributed by atoms with Crippen LogP contribution in [-0.2, 0) is 19.1 Å². The minimum atomic E-state index is -0.139. The van der Waals surface area contributed by atoms with Crippen LogP contribution in [0.1, 0.15) is 51.4 Å². The van der Waals surface area contributed by atoms with Crippen LogP contribution in [0.3, 0.4) is 0 Å². The van der Waals surface area contributed by atoms with E-state index in [1.165, 1.54) is 0 Å². The summed E-state index contributed by atoms with van der Waals surface area (Å²) in [7, 11) is 0. The molecule has 0 N–H and O–H groups in total. The van der Waals surface area contributed by atoms with E-state index < -0.39 is 0 Å². The van der Waals surface area contributed by atoms with Gasteiger partial charge in [-0.2, -0.15) is 0 Å². The molecular formula is C16H22O4. The molecule has 0 saturated carbocycles. The fraction of sp³-hybridized carbons (Fsp3) is 0.625. The lowest BCUT2D eigenvalue weighted by molar-refractivity contribution is -0.135. The largest absolute Gasteiger partial charge is 0.462 e. The van der Waals surface area contributed by atoms with E-state index in [0.29, 0.717) is 13.2 Å². The molecule has 20 heavy (non-hydrogen) atoms. The van der Waals surface area contributed by atoms with Gasteiger partial charge in [-0.05, 0) is 25.7 Å². The SMILES string of the molecule is O=C1OCCC1=CCCCCCC/C=C1\CCOC1=O. The highest BCUT2D eigenvalue weighted by molar-refractivity contribution is 5.90. The third kappa shape index (κ3) is 4.51. The molecule has 0 amide bonds. The highest BCUT2D eigenvalue weighted by Crippen LogP contribution is 2.17. The van der Waals surface area contributed by atoms with Crippen LogP contribution >= 0.6 is 0 Å². The summed E-state index contributed by atoms with van der Waals surface area (Å²) in [5, 5.41) is 0. The van der Waals surface area contributed by atoms with Crippen molar-refractivity contribution in [3.05, 3.63) is 23.3 Å². The van der Waals surface area contributed by atoms with Gasteiger partial charge in [0.15, 0.2) is 0 Å². The van der Waals surface area contributed by atoms with E-state index in [9.17, 15) is 9.59 Å². The lowest BCUT2D eigenvalue weighted by Gasteiger charge is -1.98. The van der Waals surface area contributed by atoms with Crippen molar-refractivity contribution in [1.29, 1.82) is 0 Å². The molecule has 4 nitrogen and oxygen atoms in total. The molecule has 2 heterocycles. The second-order valence-corrected chi connectivity index (χ2v) is 5.22. The van der Waals surface area contributed by atoms with E-state index in [2.05, 4.69) is 0 Å². The van der Waals surface area contributed by atoms with Crippen molar-refractivity contribution in [3.63, 3.8) is 0 Å². The summed E-state index contributed by atoms with van der Waals surface area (Å²) in [6.07, 6.45) is 12.0. The van der Waals surface area contributed by atoms with Crippen molar-refractivity contribution in [2.24, 2.45) is 0 Å². The standard InChI is InChI=1S/C16H22O4/c17-15-13(9-11-19-15)7-5-3-1-2-4-6-8-14-10-12-20-16(14)18/h7-8H,1-6,9-12H2/b13-7+,14-8?. The minimum Gasteiger partial charge on any atom is -0.462 e. The Morgan fingerprint density at radius 1 is 0.750 bits per heavy atom. The van der Waals surface area contributed by atoms with Crippen molar-refractivity contribution < 1.29 is 19.1 Å². The van der Waals surface area contributed by atoms with Gasteiger partial charge in [0.25, 0.3) is 0 Å². The summed E-state index contributed by atoms with van der Waals surface area (Å²) in [6.45, 7) is 1.09. The molecule has 0 aliphatic carbocycles. The van der Waals surface area contributed by atoms with Crippen LogP contribution in [-0.4, -0.2) is 25.2 Å². The Morgan fingerprint density at radius 2 is 1.20 bits per heavy atom. The number of cyclic esters (lactones) is 2. The highest BCUT2D eigenvalue weighted by atomic mass is 16.5. The molecule has 2 aliphatic rings. The Bertz CT molecular complexity index is 380. The van der Waals surface area contributed by atoms with Gasteiger partial charge in [-0.25, -0.2) is 9.59 Å². The second-order valence-electron chi connectivity index (χ2n) is 5.22. The number of hydrogen-bond donors (Lipinski definition) is 0. The molecule has 0 spiro atoms. The fourth-order valence-corrected chi connectivity index (χ4v) is 2.46. The van der Waals surface area contributed by atoms with Gasteiger partial charge in [0.05, 0.1) is 13.2 Å². The molecule has 2 aliphatic heterocycles. The van der Waals surface area contributed by atoms with Crippen LogP contribution in [0.2, 0.25) is 0 Å². The van der Waals surface area contributed by atoms with Gasteiger partial charge in [0, 0.05) is 24.0 Å². The zero-order chi connectivity index (χ0) is 14.2. The molecular weight excluding hydrogens is 256 g/mol. The van der Waals surface area contributed by atoms with Crippen LogP contribution in [0.4, 0.5) is 0 Å². The predicted molar refractivity (Wildman–Crippen MR) is 75.0 cm³/mol. The predicted octanol–water partition coefficient (Wildman–Crippen LogP) is 3.07. The van der Waals surface area contributed by atoms with E-state index in [0.717, 1.165) is 62.5 Å². The third-order valence-electron chi connectivity index (χ3n) is 3.67. The average Bonchev–Trinajstić information content (AvgIpc) is 3.02. The van der Waals surface area contributed by atoms with Gasteiger partial charge >= 0.3 is 11.9 Å². The van der Waals surface area contributed by atoms with E-state index >= 15 is 0 Å². The van der Waals surface area contributed by atoms with Gasteiger partial charge in [-0.3, -0.25) is 0 Å². The second kappa shape index (κ2) is 7.88. The smallest absolute Gasteiger partial charge is 0.333 e. The lowest BCUT2D eigenvalue weighted by Crippen LogP contribution is -1.94. The molecule has 0 bridgehead atoms. The molecule has 110 valence electrons. The Balaban J connectivity index is 1.50. The molecule has 2 rings (SSSR count). The van der Waals surface area contributed by atoms with Gasteiger partial charge in [0.1, 0.15) is 0 Å². The van der Waals surface area contributed by atoms with Crippen molar-refractivity contribution in [3.8, 4) is 0 Å². The topological polar surface area (TPSA) is 52.6 Å². The number of carbonyl (C=O) groups is 2. The van der Waals surface area contributed by atoms with Crippen molar-refractivity contribution in [1.82, 2.24) is 0 Å². The number of unbranched alkanes of at least 4 members (excludes halogenated alkanes) is 5. The van der Waals surface area contributed by atoms with Crippen molar-refractivity contribution >= 4 is 11.9 Å². The van der Waals surface area contributed by atoms with E-state index in [1.54, 1.807) is 0 Å². The third-order valence-corrected chi connectivity index (χ3v) is 3.67. The molecule has 0 aromatic rings. The number of hydrogen-bond acceptors (Lipinski definition) is 4. The first-order valence-corrected chi connectivity index (χ1v) is 7.49. The molecule has 0 aromatic heterocycles. The lowest BCUT2D eigenvalue weighted by atomic mass is 10.1. The molecule has 0 aromatic carbocycles. The van der Waals surface area contributed by atoms with Crippen LogP contribution in [0, 0.1) is 0 Å². The Labute approximate surface area is 119 Å². The zero-order valence-electron chi connectivity index (χ0n) is 11.9. The van der Waals surface area contributed by atoms with Crippen LogP contribution in [0.25, 0.3) is 0 Å². The van der Waals surface area contributed by atoms with Crippen LogP contribution in [0.15, 0.2) is 23.3 Å². The molecule has 2 saturated heterocycles. The summed E-state index contributed by atoms with van der Waals surface area (Å²) >= 11 is 0. The number of esters is 2. The maximum atomic E-state index is 11.2. The molecule has 0 atom stereocenters. The summed E-state index contributed by atoms with van der Waals surface area (Å²) in [6, 6.07) is 0. The Morgan fingerprint density at radius 3 is 1.55 bits per heavy atom. The van der Waals surface area contributed by atoms with Gasteiger partial charge in [-0.15, -0.1) is 0 Å². The van der Waals surface area contributed by atoms with Crippen LogP contribution in [0.5, 0.6) is 0 Å². The monoisotopic (exact) mass is 278 g/mol. The van der Waals surface area contributed by atoms with Crippen molar-refractivity contribution in [2.45, 2.75) is 51.4 Å². The normalized spacial score (nSPS) is 22.6. The summed E-state index contributed by atoms with van der Waals surface area (Å²) in [4.78, 5) is 22.4. The van der Waals surface area contributed by atoms with Gasteiger partial charge < -0.3 is 9.47 Å². The number of carbonyl (C=O) groups excluding carboxylic acids is 2. The number of allylic oxidation sites excluding steroid dienone is 2. The van der Waals surface area contributed by atoms with Gasteiger partial charge in [-0.1, -0.05) is 25.0 Å². The van der Waals surface area contributed by atoms with E-state index in [4.69, 9.17) is 9.47 Å². The Kier molecular flexibility index (Phi) is 5.84. The Hall–Kier alpha value is -1.58. The molecule has 0 unspecified atom stereocenters. The number of ether oxygens (including phenoxy) is 2. The highest BCUT2D eigenvalue weighted by Gasteiger charge is 2.18. The van der Waals surface area contributed by atoms with Crippen molar-refractivity contribution in [2.75, 3.05) is 13.2 Å².